The van der Waals surface area contributed by atoms with E-state index in [0.29, 0.717) is 31.5 Å². The fourth-order valence-corrected chi connectivity index (χ4v) is 2.99. The summed E-state index contributed by atoms with van der Waals surface area (Å²) in [5.41, 5.74) is 5.38. The van der Waals surface area contributed by atoms with E-state index in [9.17, 15) is 0 Å². The molecule has 0 aliphatic heterocycles. The second-order valence-corrected chi connectivity index (χ2v) is 7.11. The summed E-state index contributed by atoms with van der Waals surface area (Å²) in [5, 5.41) is 6.64. The summed E-state index contributed by atoms with van der Waals surface area (Å²) < 4.78 is 11.3. The molecule has 158 valence electrons. The van der Waals surface area contributed by atoms with Crippen LogP contribution in [0, 0.1) is 6.92 Å². The molecule has 0 unspecified atom stereocenters. The largest absolute Gasteiger partial charge is 0.444 e. The number of aromatic nitrogens is 1. The summed E-state index contributed by atoms with van der Waals surface area (Å²) in [4.78, 5) is 8.86. The maximum absolute atomic E-state index is 5.70. The first-order valence-corrected chi connectivity index (χ1v) is 10.3. The highest BCUT2D eigenvalue weighted by molar-refractivity contribution is 5.79. The van der Waals surface area contributed by atoms with Crippen molar-refractivity contribution in [3.8, 4) is 11.5 Å². The first kappa shape index (κ1) is 21.6. The Kier molecular flexibility index (Phi) is 8.03. The Bertz CT molecular complexity index is 948. The lowest BCUT2D eigenvalue weighted by molar-refractivity contribution is 0.121. The molecule has 0 atom stereocenters. The van der Waals surface area contributed by atoms with Crippen molar-refractivity contribution in [2.75, 3.05) is 13.7 Å². The molecule has 0 saturated carbocycles. The lowest BCUT2D eigenvalue weighted by Crippen LogP contribution is -2.36. The molecular weight excluding hydrogens is 376 g/mol. The number of benzene rings is 2. The van der Waals surface area contributed by atoms with E-state index in [1.807, 2.05) is 36.4 Å². The van der Waals surface area contributed by atoms with Crippen molar-refractivity contribution in [2.24, 2.45) is 4.99 Å². The van der Waals surface area contributed by atoms with Crippen LogP contribution in [0.15, 0.2) is 64.2 Å². The quantitative estimate of drug-likeness (QED) is 0.312. The lowest BCUT2D eigenvalue weighted by Gasteiger charge is -2.14. The van der Waals surface area contributed by atoms with Gasteiger partial charge in [-0.2, -0.15) is 0 Å². The van der Waals surface area contributed by atoms with Crippen molar-refractivity contribution in [1.82, 2.24) is 15.6 Å². The van der Waals surface area contributed by atoms with E-state index in [1.54, 1.807) is 13.3 Å². The van der Waals surface area contributed by atoms with E-state index in [4.69, 9.17) is 9.15 Å². The molecule has 3 rings (SSSR count). The van der Waals surface area contributed by atoms with Crippen molar-refractivity contribution >= 4 is 5.96 Å². The molecule has 0 amide bonds. The molecule has 0 aliphatic rings. The smallest absolute Gasteiger partial charge is 0.226 e. The highest BCUT2D eigenvalue weighted by Gasteiger charge is 2.08. The Labute approximate surface area is 178 Å². The molecule has 1 heterocycles. The summed E-state index contributed by atoms with van der Waals surface area (Å²) >= 11 is 0. The predicted octanol–water partition coefficient (Wildman–Crippen LogP) is 4.44. The van der Waals surface area contributed by atoms with Crippen LogP contribution in [0.3, 0.4) is 0 Å². The van der Waals surface area contributed by atoms with Crippen LogP contribution < -0.4 is 10.6 Å². The summed E-state index contributed by atoms with van der Waals surface area (Å²) in [6, 6.07) is 16.4. The molecule has 0 aliphatic carbocycles. The van der Waals surface area contributed by atoms with Crippen LogP contribution in [0.5, 0.6) is 0 Å². The third-order valence-corrected chi connectivity index (χ3v) is 4.68. The van der Waals surface area contributed by atoms with Gasteiger partial charge in [0.25, 0.3) is 0 Å². The molecule has 6 nitrogen and oxygen atoms in total. The fourth-order valence-electron chi connectivity index (χ4n) is 2.99. The molecule has 0 radical (unpaired) electrons. The molecule has 1 aromatic heterocycles. The van der Waals surface area contributed by atoms with E-state index < -0.39 is 0 Å². The number of aryl methyl sites for hydroxylation is 1. The molecule has 2 N–H and O–H groups in total. The van der Waals surface area contributed by atoms with Crippen LogP contribution in [-0.2, 0) is 24.4 Å². The summed E-state index contributed by atoms with van der Waals surface area (Å²) in [6.45, 7) is 6.76. The predicted molar refractivity (Wildman–Crippen MR) is 120 cm³/mol. The number of rotatable bonds is 9. The Morgan fingerprint density at radius 1 is 1.03 bits per heavy atom. The van der Waals surface area contributed by atoms with Crippen LogP contribution >= 0.6 is 0 Å². The zero-order valence-electron chi connectivity index (χ0n) is 17.9. The highest BCUT2D eigenvalue weighted by atomic mass is 16.5. The zero-order valence-corrected chi connectivity index (χ0v) is 17.9. The maximum atomic E-state index is 5.70. The highest BCUT2D eigenvalue weighted by Crippen LogP contribution is 2.19. The number of aliphatic imine (C=N–C) groups is 1. The summed E-state index contributed by atoms with van der Waals surface area (Å²) in [6.07, 6.45) is 2.69. The third kappa shape index (κ3) is 6.19. The van der Waals surface area contributed by atoms with E-state index in [1.165, 1.54) is 16.7 Å². The van der Waals surface area contributed by atoms with Gasteiger partial charge < -0.3 is 19.8 Å². The van der Waals surface area contributed by atoms with Crippen molar-refractivity contribution in [3.05, 3.63) is 77.2 Å². The topological polar surface area (TPSA) is 71.7 Å². The third-order valence-electron chi connectivity index (χ3n) is 4.68. The number of nitrogens with zero attached hydrogens (tertiary/aromatic N) is 2. The Morgan fingerprint density at radius 3 is 2.50 bits per heavy atom. The van der Waals surface area contributed by atoms with Crippen LogP contribution in [0.2, 0.25) is 0 Å². The van der Waals surface area contributed by atoms with Gasteiger partial charge in [0.2, 0.25) is 5.89 Å². The second-order valence-electron chi connectivity index (χ2n) is 7.11. The Hall–Kier alpha value is -3.12. The Balaban J connectivity index is 1.53. The van der Waals surface area contributed by atoms with E-state index in [-0.39, 0.29) is 0 Å². The van der Waals surface area contributed by atoms with Gasteiger partial charge in [0, 0.05) is 25.8 Å². The van der Waals surface area contributed by atoms with E-state index in [2.05, 4.69) is 46.6 Å². The van der Waals surface area contributed by atoms with Gasteiger partial charge in [0.1, 0.15) is 6.26 Å². The molecule has 6 heteroatoms. The standard InChI is InChI=1S/C24H30N4O2/c1-4-13-29-16-21-8-6-5-7-20(21)14-26-24(25-3)27-15-22-17-30-23(28-22)19-11-9-18(2)10-12-19/h5-12,17H,4,13-16H2,1-3H3,(H2,25,26,27). The molecule has 0 spiro atoms. The number of ether oxygens (including phenoxy) is 1. The van der Waals surface area contributed by atoms with Gasteiger partial charge >= 0.3 is 0 Å². The van der Waals surface area contributed by atoms with Gasteiger partial charge in [-0.25, -0.2) is 4.98 Å². The molecule has 0 saturated heterocycles. The van der Waals surface area contributed by atoms with Crippen LogP contribution in [0.25, 0.3) is 11.5 Å². The van der Waals surface area contributed by atoms with E-state index in [0.717, 1.165) is 24.3 Å². The minimum atomic E-state index is 0.524. The van der Waals surface area contributed by atoms with Crippen molar-refractivity contribution in [3.63, 3.8) is 0 Å². The number of nitrogens with one attached hydrogen (secondary N) is 2. The summed E-state index contributed by atoms with van der Waals surface area (Å²) in [5.74, 6) is 1.33. The molecule has 30 heavy (non-hydrogen) atoms. The summed E-state index contributed by atoms with van der Waals surface area (Å²) in [7, 11) is 1.76. The normalized spacial score (nSPS) is 11.5. The minimum Gasteiger partial charge on any atom is -0.444 e. The lowest BCUT2D eigenvalue weighted by atomic mass is 10.1. The van der Waals surface area contributed by atoms with Crippen LogP contribution in [0.4, 0.5) is 0 Å². The van der Waals surface area contributed by atoms with E-state index >= 15 is 0 Å². The monoisotopic (exact) mass is 406 g/mol. The van der Waals surface area contributed by atoms with Gasteiger partial charge in [-0.05, 0) is 36.6 Å². The number of guanidine groups is 1. The molecular formula is C24H30N4O2. The average molecular weight is 407 g/mol. The van der Waals surface area contributed by atoms with Crippen molar-refractivity contribution in [1.29, 1.82) is 0 Å². The number of oxazole rings is 1. The van der Waals surface area contributed by atoms with Gasteiger partial charge in [0.05, 0.1) is 18.8 Å². The van der Waals surface area contributed by atoms with Gasteiger partial charge in [-0.15, -0.1) is 0 Å². The first-order valence-electron chi connectivity index (χ1n) is 10.3. The van der Waals surface area contributed by atoms with Crippen LogP contribution in [-0.4, -0.2) is 24.6 Å². The average Bonchev–Trinajstić information content (AvgIpc) is 3.24. The van der Waals surface area contributed by atoms with Gasteiger partial charge in [-0.3, -0.25) is 4.99 Å². The molecule has 3 aromatic rings. The molecule has 2 aromatic carbocycles. The number of hydrogen-bond donors (Lipinski definition) is 2. The first-order chi connectivity index (χ1) is 14.7. The Morgan fingerprint density at radius 2 is 1.77 bits per heavy atom. The molecule has 0 bridgehead atoms. The second kappa shape index (κ2) is 11.2. The minimum absolute atomic E-state index is 0.524. The maximum Gasteiger partial charge on any atom is 0.226 e. The fraction of sp³-hybridized carbons (Fsp3) is 0.333. The zero-order chi connectivity index (χ0) is 21.2. The number of hydrogen-bond acceptors (Lipinski definition) is 4. The van der Waals surface area contributed by atoms with Gasteiger partial charge in [0.15, 0.2) is 5.96 Å². The van der Waals surface area contributed by atoms with Crippen LogP contribution in [0.1, 0.15) is 35.7 Å². The van der Waals surface area contributed by atoms with Crippen molar-refractivity contribution in [2.45, 2.75) is 40.0 Å². The SMILES string of the molecule is CCCOCc1ccccc1CNC(=NC)NCc1coc(-c2ccc(C)cc2)n1. The van der Waals surface area contributed by atoms with Crippen molar-refractivity contribution < 1.29 is 9.15 Å². The molecule has 0 fully saturated rings. The van der Waals surface area contributed by atoms with Gasteiger partial charge in [-0.1, -0.05) is 48.9 Å².